The first-order chi connectivity index (χ1) is 9.40. The Morgan fingerprint density at radius 1 is 1.30 bits per heavy atom. The van der Waals surface area contributed by atoms with Gasteiger partial charge in [0.2, 0.25) is 10.0 Å². The van der Waals surface area contributed by atoms with Gasteiger partial charge in [0.1, 0.15) is 12.0 Å². The van der Waals surface area contributed by atoms with Crippen LogP contribution in [0.25, 0.3) is 0 Å². The number of carboxylic acid groups (broad SMARTS) is 1. The van der Waals surface area contributed by atoms with E-state index in [-0.39, 0.29) is 10.5 Å². The predicted molar refractivity (Wildman–Crippen MR) is 68.6 cm³/mol. The second-order valence-electron chi connectivity index (χ2n) is 4.10. The van der Waals surface area contributed by atoms with Gasteiger partial charge in [0.25, 0.3) is 0 Å². The molecule has 1 aromatic heterocycles. The molecular weight excluding hydrogens is 284 g/mol. The number of carboxylic acids is 1. The molecule has 8 heteroatoms. The first-order valence-electron chi connectivity index (χ1n) is 5.66. The fraction of sp³-hybridized carbons (Fsp3) is 0.167. The van der Waals surface area contributed by atoms with Crippen LogP contribution in [-0.4, -0.2) is 24.7 Å². The minimum atomic E-state index is -3.75. The second kappa shape index (κ2) is 5.43. The highest BCUT2D eigenvalue weighted by Crippen LogP contribution is 2.16. The maximum absolute atomic E-state index is 12.1. The van der Waals surface area contributed by atoms with E-state index in [0.29, 0.717) is 5.69 Å². The molecule has 2 aromatic rings. The Morgan fingerprint density at radius 2 is 1.95 bits per heavy atom. The van der Waals surface area contributed by atoms with Crippen molar-refractivity contribution >= 4 is 16.0 Å². The number of nitrogens with zero attached hydrogens (tertiary/aromatic N) is 1. The van der Waals surface area contributed by atoms with Crippen molar-refractivity contribution < 1.29 is 22.8 Å². The van der Waals surface area contributed by atoms with E-state index in [2.05, 4.69) is 14.4 Å². The van der Waals surface area contributed by atoms with Crippen molar-refractivity contribution in [2.75, 3.05) is 0 Å². The van der Waals surface area contributed by atoms with Gasteiger partial charge in [-0.2, -0.15) is 0 Å². The predicted octanol–water partition coefficient (Wildman–Crippen LogP) is 1.41. The molecule has 0 unspecified atom stereocenters. The molecule has 7 nitrogen and oxygen atoms in total. The highest BCUT2D eigenvalue weighted by atomic mass is 32.2. The van der Waals surface area contributed by atoms with E-state index in [9.17, 15) is 13.2 Å². The van der Waals surface area contributed by atoms with Crippen LogP contribution in [0.2, 0.25) is 0 Å². The molecule has 0 aliphatic heterocycles. The summed E-state index contributed by atoms with van der Waals surface area (Å²) in [6, 6.07) is 5.94. The second-order valence-corrected chi connectivity index (χ2v) is 5.81. The van der Waals surface area contributed by atoms with Gasteiger partial charge in [-0.05, 0) is 31.2 Å². The average molecular weight is 296 g/mol. The van der Waals surface area contributed by atoms with E-state index in [4.69, 9.17) is 5.11 Å². The van der Waals surface area contributed by atoms with Gasteiger partial charge in [0.05, 0.1) is 16.5 Å². The number of hydrogen-bond acceptors (Lipinski definition) is 5. The van der Waals surface area contributed by atoms with Gasteiger partial charge in [-0.3, -0.25) is 0 Å². The molecule has 1 aromatic carbocycles. The zero-order chi connectivity index (χ0) is 14.8. The molecule has 0 spiro atoms. The number of benzene rings is 1. The van der Waals surface area contributed by atoms with Crippen LogP contribution in [0.5, 0.6) is 0 Å². The fourth-order valence-electron chi connectivity index (χ4n) is 1.58. The molecule has 20 heavy (non-hydrogen) atoms. The number of sulfonamides is 1. The number of aromatic carboxylic acids is 1. The first kappa shape index (κ1) is 14.2. The van der Waals surface area contributed by atoms with Crippen molar-refractivity contribution in [3.8, 4) is 0 Å². The molecule has 106 valence electrons. The van der Waals surface area contributed by atoms with E-state index in [0.717, 1.165) is 0 Å². The number of carbonyl (C=O) groups is 1. The van der Waals surface area contributed by atoms with Crippen molar-refractivity contribution in [3.05, 3.63) is 47.9 Å². The highest BCUT2D eigenvalue weighted by molar-refractivity contribution is 7.89. The zero-order valence-corrected chi connectivity index (χ0v) is 11.3. The lowest BCUT2D eigenvalue weighted by molar-refractivity contribution is 0.0696. The summed E-state index contributed by atoms with van der Waals surface area (Å²) in [4.78, 5) is 10.7. The van der Waals surface area contributed by atoms with E-state index in [1.165, 1.54) is 30.5 Å². The molecule has 2 N–H and O–H groups in total. The van der Waals surface area contributed by atoms with E-state index in [1.807, 2.05) is 0 Å². The van der Waals surface area contributed by atoms with Crippen molar-refractivity contribution in [1.29, 1.82) is 0 Å². The zero-order valence-electron chi connectivity index (χ0n) is 10.5. The number of hydrogen-bond donors (Lipinski definition) is 2. The average Bonchev–Trinajstić information content (AvgIpc) is 2.92. The first-order valence-corrected chi connectivity index (χ1v) is 7.14. The molecule has 1 heterocycles. The lowest BCUT2D eigenvalue weighted by Crippen LogP contribution is -2.27. The molecule has 0 aliphatic rings. The summed E-state index contributed by atoms with van der Waals surface area (Å²) in [6.07, 6.45) is 1.35. The molecule has 0 fully saturated rings. The van der Waals surface area contributed by atoms with Gasteiger partial charge >= 0.3 is 5.97 Å². The third-order valence-corrected chi connectivity index (χ3v) is 4.20. The van der Waals surface area contributed by atoms with E-state index in [1.54, 1.807) is 13.0 Å². The standard InChI is InChI=1S/C12H12N2O5S/c1-8(11-6-7-19-13-11)14-20(17,18)10-4-2-9(3-5-10)12(15)16/h2-8,14H,1H3,(H,15,16)/t8-/m1/s1. The Bertz CT molecular complexity index is 692. The quantitative estimate of drug-likeness (QED) is 0.863. The lowest BCUT2D eigenvalue weighted by Gasteiger charge is -2.11. The van der Waals surface area contributed by atoms with Crippen molar-refractivity contribution in [1.82, 2.24) is 9.88 Å². The fourth-order valence-corrected chi connectivity index (χ4v) is 2.80. The maximum Gasteiger partial charge on any atom is 0.335 e. The van der Waals surface area contributed by atoms with Crippen LogP contribution < -0.4 is 4.72 Å². The van der Waals surface area contributed by atoms with Crippen LogP contribution in [0.1, 0.15) is 29.0 Å². The molecular formula is C12H12N2O5S. The Hall–Kier alpha value is -2.19. The Morgan fingerprint density at radius 3 is 2.45 bits per heavy atom. The molecule has 2 rings (SSSR count). The number of nitrogens with one attached hydrogen (secondary N) is 1. The van der Waals surface area contributed by atoms with Gasteiger partial charge in [0.15, 0.2) is 0 Å². The minimum Gasteiger partial charge on any atom is -0.478 e. The summed E-state index contributed by atoms with van der Waals surface area (Å²) >= 11 is 0. The molecule has 0 bridgehead atoms. The van der Waals surface area contributed by atoms with Crippen LogP contribution in [0.4, 0.5) is 0 Å². The van der Waals surface area contributed by atoms with Crippen LogP contribution in [-0.2, 0) is 10.0 Å². The monoisotopic (exact) mass is 296 g/mol. The van der Waals surface area contributed by atoms with Crippen molar-refractivity contribution in [2.24, 2.45) is 0 Å². The summed E-state index contributed by atoms with van der Waals surface area (Å²) < 4.78 is 31.3. The summed E-state index contributed by atoms with van der Waals surface area (Å²) in [5.74, 6) is -1.11. The van der Waals surface area contributed by atoms with Gasteiger partial charge in [0, 0.05) is 6.07 Å². The Labute approximate surface area is 115 Å². The van der Waals surface area contributed by atoms with Crippen molar-refractivity contribution in [2.45, 2.75) is 17.9 Å². The smallest absolute Gasteiger partial charge is 0.335 e. The van der Waals surface area contributed by atoms with Crippen LogP contribution in [0, 0.1) is 0 Å². The maximum atomic E-state index is 12.1. The third-order valence-electron chi connectivity index (χ3n) is 2.64. The van der Waals surface area contributed by atoms with Gasteiger partial charge in [-0.1, -0.05) is 5.16 Å². The highest BCUT2D eigenvalue weighted by Gasteiger charge is 2.20. The van der Waals surface area contributed by atoms with Crippen LogP contribution >= 0.6 is 0 Å². The molecule has 1 atom stereocenters. The summed E-state index contributed by atoms with van der Waals surface area (Å²) in [7, 11) is -3.75. The molecule has 0 saturated carbocycles. The van der Waals surface area contributed by atoms with Gasteiger partial charge in [-0.15, -0.1) is 0 Å². The summed E-state index contributed by atoms with van der Waals surface area (Å²) in [5, 5.41) is 12.4. The third kappa shape index (κ3) is 3.03. The molecule has 0 amide bonds. The lowest BCUT2D eigenvalue weighted by atomic mass is 10.2. The molecule has 0 radical (unpaired) electrons. The number of aromatic nitrogens is 1. The van der Waals surface area contributed by atoms with E-state index >= 15 is 0 Å². The minimum absolute atomic E-state index is 0.0159. The van der Waals surface area contributed by atoms with E-state index < -0.39 is 22.0 Å². The van der Waals surface area contributed by atoms with Crippen LogP contribution in [0.3, 0.4) is 0 Å². The molecule has 0 saturated heterocycles. The normalized spacial score (nSPS) is 13.1. The van der Waals surface area contributed by atoms with Gasteiger partial charge in [-0.25, -0.2) is 17.9 Å². The summed E-state index contributed by atoms with van der Waals surface area (Å²) in [5.41, 5.74) is 0.476. The van der Waals surface area contributed by atoms with Gasteiger partial charge < -0.3 is 9.63 Å². The SMILES string of the molecule is C[C@@H](NS(=O)(=O)c1ccc(C(=O)O)cc1)c1ccon1. The largest absolute Gasteiger partial charge is 0.478 e. The topological polar surface area (TPSA) is 110 Å². The van der Waals surface area contributed by atoms with Crippen molar-refractivity contribution in [3.63, 3.8) is 0 Å². The molecule has 0 aliphatic carbocycles. The Kier molecular flexibility index (Phi) is 3.86. The Balaban J connectivity index is 2.20. The number of rotatable bonds is 5. The summed E-state index contributed by atoms with van der Waals surface area (Å²) in [6.45, 7) is 1.63. The van der Waals surface area contributed by atoms with Crippen LogP contribution in [0.15, 0.2) is 46.0 Å².